The quantitative estimate of drug-likeness (QED) is 0.423. The van der Waals surface area contributed by atoms with Crippen LogP contribution in [0.4, 0.5) is 0 Å². The van der Waals surface area contributed by atoms with Crippen LogP contribution in [0.25, 0.3) is 0 Å². The van der Waals surface area contributed by atoms with Gasteiger partial charge in [-0.2, -0.15) is 0 Å². The predicted molar refractivity (Wildman–Crippen MR) is 129 cm³/mol. The topological polar surface area (TPSA) is 76.1 Å². The van der Waals surface area contributed by atoms with Gasteiger partial charge in [-0.05, 0) is 55.8 Å². The van der Waals surface area contributed by atoms with Crippen LogP contribution in [0.5, 0.6) is 0 Å². The summed E-state index contributed by atoms with van der Waals surface area (Å²) in [7, 11) is 0. The third-order valence-corrected chi connectivity index (χ3v) is 10.3. The Morgan fingerprint density at radius 1 is 1.32 bits per heavy atom. The van der Waals surface area contributed by atoms with Crippen LogP contribution in [-0.4, -0.2) is 60.9 Å². The van der Waals surface area contributed by atoms with Crippen molar-refractivity contribution in [2.24, 2.45) is 45.8 Å². The lowest BCUT2D eigenvalue weighted by Crippen LogP contribution is -2.64. The molecule has 0 amide bonds. The second-order valence-corrected chi connectivity index (χ2v) is 12.2. The van der Waals surface area contributed by atoms with Crippen LogP contribution >= 0.6 is 0 Å². The van der Waals surface area contributed by atoms with Gasteiger partial charge in [-0.15, -0.1) is 6.58 Å². The van der Waals surface area contributed by atoms with E-state index in [0.717, 1.165) is 44.2 Å². The van der Waals surface area contributed by atoms with Crippen molar-refractivity contribution < 1.29 is 24.2 Å². The third kappa shape index (κ3) is 2.91. The zero-order chi connectivity index (χ0) is 24.5. The van der Waals surface area contributed by atoms with Gasteiger partial charge in [0.25, 0.3) is 0 Å². The second-order valence-electron chi connectivity index (χ2n) is 12.2. The van der Waals surface area contributed by atoms with E-state index in [1.54, 1.807) is 0 Å². The molecule has 4 bridgehead atoms. The van der Waals surface area contributed by atoms with Crippen LogP contribution in [0.15, 0.2) is 24.3 Å². The molecule has 0 aromatic rings. The maximum absolute atomic E-state index is 13.5. The van der Waals surface area contributed by atoms with E-state index in [-0.39, 0.29) is 23.9 Å². The SMILES string of the molecule is C=CCN1C[C@H](OC[C@@]23C[C@@H]4[C@H](C)CC[C@H]4[C@]4(C=O)C[C@@H]2C=C(C(C)C)[C@@]34C(=O)O)O[C@H](C)C1. The molecule has 0 aromatic carbocycles. The van der Waals surface area contributed by atoms with E-state index in [4.69, 9.17) is 9.47 Å². The maximum atomic E-state index is 13.5. The van der Waals surface area contributed by atoms with Crippen molar-refractivity contribution in [2.45, 2.75) is 65.8 Å². The third-order valence-electron chi connectivity index (χ3n) is 10.3. The fraction of sp³-hybridized carbons (Fsp3) is 0.786. The molecule has 188 valence electrons. The van der Waals surface area contributed by atoms with E-state index < -0.39 is 28.5 Å². The summed E-state index contributed by atoms with van der Waals surface area (Å²) < 4.78 is 12.7. The Bertz CT molecular complexity index is 899. The summed E-state index contributed by atoms with van der Waals surface area (Å²) in [5.74, 6) is 0.315. The van der Waals surface area contributed by atoms with Gasteiger partial charge in [-0.25, -0.2) is 0 Å². The monoisotopic (exact) mass is 471 g/mol. The number of hydrogen-bond acceptors (Lipinski definition) is 5. The van der Waals surface area contributed by atoms with Crippen molar-refractivity contribution in [3.8, 4) is 0 Å². The maximum Gasteiger partial charge on any atom is 0.315 e. The molecule has 5 rings (SSSR count). The second kappa shape index (κ2) is 8.28. The Kier molecular flexibility index (Phi) is 5.89. The number of carbonyl (C=O) groups excluding carboxylic acids is 1. The number of morpholine rings is 1. The first-order valence-electron chi connectivity index (χ1n) is 13.2. The Labute approximate surface area is 203 Å². The van der Waals surface area contributed by atoms with E-state index in [2.05, 4.69) is 38.3 Å². The molecule has 9 atom stereocenters. The molecule has 0 spiro atoms. The number of carboxylic acid groups (broad SMARTS) is 1. The highest BCUT2D eigenvalue weighted by atomic mass is 16.7. The molecular weight excluding hydrogens is 430 g/mol. The largest absolute Gasteiger partial charge is 0.481 e. The van der Waals surface area contributed by atoms with Gasteiger partial charge >= 0.3 is 5.97 Å². The van der Waals surface area contributed by atoms with Crippen molar-refractivity contribution in [2.75, 3.05) is 26.2 Å². The minimum absolute atomic E-state index is 0.0361. The fourth-order valence-corrected chi connectivity index (χ4v) is 9.29. The molecule has 6 nitrogen and oxygen atoms in total. The van der Waals surface area contributed by atoms with Gasteiger partial charge < -0.3 is 19.4 Å². The Hall–Kier alpha value is -1.50. The molecule has 1 N–H and O–H groups in total. The smallest absolute Gasteiger partial charge is 0.315 e. The van der Waals surface area contributed by atoms with Crippen molar-refractivity contribution in [1.29, 1.82) is 0 Å². The average molecular weight is 472 g/mol. The first-order chi connectivity index (χ1) is 16.2. The number of allylic oxidation sites excluding steroid dienone is 1. The number of ether oxygens (including phenoxy) is 2. The molecule has 0 radical (unpaired) electrons. The number of aldehydes is 1. The van der Waals surface area contributed by atoms with Gasteiger partial charge in [0, 0.05) is 25.0 Å². The molecule has 6 heteroatoms. The Balaban J connectivity index is 1.55. The first kappa shape index (κ1) is 24.2. The summed E-state index contributed by atoms with van der Waals surface area (Å²) in [4.78, 5) is 28.8. The summed E-state index contributed by atoms with van der Waals surface area (Å²) in [5.41, 5.74) is -1.68. The van der Waals surface area contributed by atoms with Crippen LogP contribution < -0.4 is 0 Å². The van der Waals surface area contributed by atoms with Gasteiger partial charge in [0.2, 0.25) is 0 Å². The number of hydrogen-bond donors (Lipinski definition) is 1. The average Bonchev–Trinajstić information content (AvgIpc) is 3.35. The number of carboxylic acids is 1. The van der Waals surface area contributed by atoms with Gasteiger partial charge in [-0.3, -0.25) is 9.69 Å². The van der Waals surface area contributed by atoms with Crippen LogP contribution in [0.2, 0.25) is 0 Å². The van der Waals surface area contributed by atoms with Gasteiger partial charge in [0.1, 0.15) is 11.7 Å². The number of aliphatic carboxylic acids is 1. The molecule has 0 aromatic heterocycles. The van der Waals surface area contributed by atoms with Crippen LogP contribution in [-0.2, 0) is 19.1 Å². The van der Waals surface area contributed by atoms with E-state index in [9.17, 15) is 14.7 Å². The van der Waals surface area contributed by atoms with Crippen molar-refractivity contribution >= 4 is 12.3 Å². The minimum Gasteiger partial charge on any atom is -0.481 e. The van der Waals surface area contributed by atoms with Crippen molar-refractivity contribution in [3.63, 3.8) is 0 Å². The summed E-state index contributed by atoms with van der Waals surface area (Å²) in [6, 6.07) is 0. The molecule has 3 saturated carbocycles. The Morgan fingerprint density at radius 3 is 2.74 bits per heavy atom. The molecule has 34 heavy (non-hydrogen) atoms. The van der Waals surface area contributed by atoms with Crippen molar-refractivity contribution in [3.05, 3.63) is 24.3 Å². The summed E-state index contributed by atoms with van der Waals surface area (Å²) in [6.07, 6.45) is 8.30. The summed E-state index contributed by atoms with van der Waals surface area (Å²) >= 11 is 0. The van der Waals surface area contributed by atoms with Crippen molar-refractivity contribution in [1.82, 2.24) is 4.90 Å². The molecule has 5 aliphatic rings. The lowest BCUT2D eigenvalue weighted by Gasteiger charge is -2.58. The normalized spacial score (nSPS) is 47.5. The molecule has 4 aliphatic carbocycles. The van der Waals surface area contributed by atoms with Crippen LogP contribution in [0.1, 0.15) is 53.4 Å². The molecule has 1 heterocycles. The van der Waals surface area contributed by atoms with E-state index >= 15 is 0 Å². The van der Waals surface area contributed by atoms with E-state index in [1.807, 2.05) is 13.0 Å². The molecule has 1 aliphatic heterocycles. The lowest BCUT2D eigenvalue weighted by atomic mass is 9.43. The highest BCUT2D eigenvalue weighted by Gasteiger charge is 2.84. The fourth-order valence-electron chi connectivity index (χ4n) is 9.29. The summed E-state index contributed by atoms with van der Waals surface area (Å²) in [6.45, 7) is 14.9. The summed E-state index contributed by atoms with van der Waals surface area (Å²) in [5, 5.41) is 11.0. The zero-order valence-corrected chi connectivity index (χ0v) is 21.2. The number of fused-ring (bicyclic) bond motifs is 2. The van der Waals surface area contributed by atoms with Gasteiger partial charge in [0.05, 0.1) is 18.1 Å². The van der Waals surface area contributed by atoms with E-state index in [1.165, 1.54) is 0 Å². The highest BCUT2D eigenvalue weighted by Crippen LogP contribution is 2.82. The van der Waals surface area contributed by atoms with E-state index in [0.29, 0.717) is 31.4 Å². The van der Waals surface area contributed by atoms with Gasteiger partial charge in [-0.1, -0.05) is 44.9 Å². The zero-order valence-electron chi connectivity index (χ0n) is 21.2. The number of rotatable bonds is 8. The lowest BCUT2D eigenvalue weighted by molar-refractivity contribution is -0.235. The molecule has 4 fully saturated rings. The number of nitrogens with zero attached hydrogens (tertiary/aromatic N) is 1. The van der Waals surface area contributed by atoms with Gasteiger partial charge in [0.15, 0.2) is 6.29 Å². The molecular formula is C28H41NO5. The standard InChI is InChI=1S/C28H41NO5/c1-6-9-29-13-19(5)34-24(14-29)33-16-27-12-21-18(4)7-8-22(21)26(15-30)11-20(27)10-23(17(2)3)28(26,27)25(31)32/h6,10,15,17-22,24H,1,7-9,11-14,16H2,2-5H3,(H,31,32)/t18-,19-,20+,21-,22-,24-,26-,27+,28+/m1/s1. The highest BCUT2D eigenvalue weighted by molar-refractivity contribution is 5.90. The molecule has 0 unspecified atom stereocenters. The predicted octanol–water partition coefficient (Wildman–Crippen LogP) is 4.16. The minimum atomic E-state index is -1.19. The first-order valence-corrected chi connectivity index (χ1v) is 13.2. The van der Waals surface area contributed by atoms with Crippen LogP contribution in [0.3, 0.4) is 0 Å². The van der Waals surface area contributed by atoms with Crippen LogP contribution in [0, 0.1) is 45.8 Å². The Morgan fingerprint density at radius 2 is 2.09 bits per heavy atom. The molecule has 1 saturated heterocycles. The number of carbonyl (C=O) groups is 2.